The van der Waals surface area contributed by atoms with Crippen LogP contribution in [0.2, 0.25) is 4.34 Å². The van der Waals surface area contributed by atoms with E-state index >= 15 is 0 Å². The molecular formula is C10H16ClNS. The summed E-state index contributed by atoms with van der Waals surface area (Å²) < 4.78 is 0.898. The van der Waals surface area contributed by atoms with Gasteiger partial charge in [0, 0.05) is 4.88 Å². The molecule has 74 valence electrons. The van der Waals surface area contributed by atoms with E-state index in [2.05, 4.69) is 18.3 Å². The minimum atomic E-state index is 0.736. The molecule has 0 saturated heterocycles. The van der Waals surface area contributed by atoms with Gasteiger partial charge >= 0.3 is 0 Å². The Morgan fingerprint density at radius 1 is 1.54 bits per heavy atom. The van der Waals surface area contributed by atoms with E-state index < -0.39 is 0 Å². The fourth-order valence-corrected chi connectivity index (χ4v) is 2.60. The Balaban J connectivity index is 2.46. The van der Waals surface area contributed by atoms with Gasteiger partial charge in [0.05, 0.1) is 4.34 Å². The van der Waals surface area contributed by atoms with Crippen LogP contribution in [0.3, 0.4) is 0 Å². The van der Waals surface area contributed by atoms with Crippen LogP contribution in [0.4, 0.5) is 0 Å². The summed E-state index contributed by atoms with van der Waals surface area (Å²) >= 11 is 7.56. The van der Waals surface area contributed by atoms with E-state index in [1.807, 2.05) is 13.1 Å². The minimum absolute atomic E-state index is 0.736. The van der Waals surface area contributed by atoms with Crippen molar-refractivity contribution >= 4 is 22.9 Å². The normalized spacial score (nSPS) is 13.2. The van der Waals surface area contributed by atoms with E-state index in [1.165, 1.54) is 11.3 Å². The van der Waals surface area contributed by atoms with Gasteiger partial charge in [-0.15, -0.1) is 11.3 Å². The predicted molar refractivity (Wildman–Crippen MR) is 60.7 cm³/mol. The standard InChI is InChI=1S/C10H16ClNS/c1-3-8(7-12-2)6-9-4-5-10(11)13-9/h4-5,8,12H,3,6-7H2,1-2H3. The van der Waals surface area contributed by atoms with Crippen molar-refractivity contribution in [2.75, 3.05) is 13.6 Å². The van der Waals surface area contributed by atoms with E-state index in [9.17, 15) is 0 Å². The molecule has 0 saturated carbocycles. The SMILES string of the molecule is CCC(CNC)Cc1ccc(Cl)s1. The summed E-state index contributed by atoms with van der Waals surface area (Å²) in [6, 6.07) is 4.11. The summed E-state index contributed by atoms with van der Waals surface area (Å²) in [5.74, 6) is 0.736. The Hall–Kier alpha value is -0.0500. The van der Waals surface area contributed by atoms with Crippen LogP contribution in [-0.4, -0.2) is 13.6 Å². The van der Waals surface area contributed by atoms with Crippen molar-refractivity contribution in [1.82, 2.24) is 5.32 Å². The van der Waals surface area contributed by atoms with E-state index in [4.69, 9.17) is 11.6 Å². The maximum Gasteiger partial charge on any atom is 0.0931 e. The van der Waals surface area contributed by atoms with Gasteiger partial charge < -0.3 is 5.32 Å². The third-order valence-corrected chi connectivity index (χ3v) is 3.44. The average Bonchev–Trinajstić information content (AvgIpc) is 2.50. The van der Waals surface area contributed by atoms with Crippen LogP contribution in [0.5, 0.6) is 0 Å². The molecule has 0 bridgehead atoms. The summed E-state index contributed by atoms with van der Waals surface area (Å²) in [6.07, 6.45) is 2.37. The number of halogens is 1. The predicted octanol–water partition coefficient (Wildman–Crippen LogP) is 3.19. The molecule has 1 rings (SSSR count). The first-order chi connectivity index (χ1) is 6.26. The second-order valence-corrected chi connectivity index (χ2v) is 5.04. The van der Waals surface area contributed by atoms with Crippen molar-refractivity contribution in [3.63, 3.8) is 0 Å². The van der Waals surface area contributed by atoms with Crippen molar-refractivity contribution in [2.45, 2.75) is 19.8 Å². The van der Waals surface area contributed by atoms with Gasteiger partial charge in [0.2, 0.25) is 0 Å². The van der Waals surface area contributed by atoms with Gasteiger partial charge in [-0.25, -0.2) is 0 Å². The number of hydrogen-bond acceptors (Lipinski definition) is 2. The van der Waals surface area contributed by atoms with Crippen molar-refractivity contribution in [3.8, 4) is 0 Å². The molecule has 0 radical (unpaired) electrons. The zero-order valence-electron chi connectivity index (χ0n) is 8.14. The molecule has 1 nitrogen and oxygen atoms in total. The largest absolute Gasteiger partial charge is 0.319 e. The molecule has 0 fully saturated rings. The molecule has 1 aromatic heterocycles. The van der Waals surface area contributed by atoms with Crippen LogP contribution in [0.15, 0.2) is 12.1 Å². The molecule has 0 amide bonds. The quantitative estimate of drug-likeness (QED) is 0.799. The van der Waals surface area contributed by atoms with Crippen molar-refractivity contribution < 1.29 is 0 Å². The van der Waals surface area contributed by atoms with Crippen molar-refractivity contribution in [1.29, 1.82) is 0 Å². The molecule has 1 N–H and O–H groups in total. The minimum Gasteiger partial charge on any atom is -0.319 e. The first-order valence-electron chi connectivity index (χ1n) is 4.65. The van der Waals surface area contributed by atoms with E-state index in [0.717, 1.165) is 23.2 Å². The molecule has 1 atom stereocenters. The lowest BCUT2D eigenvalue weighted by molar-refractivity contribution is 0.484. The highest BCUT2D eigenvalue weighted by Gasteiger charge is 2.07. The van der Waals surface area contributed by atoms with Crippen LogP contribution < -0.4 is 5.32 Å². The zero-order chi connectivity index (χ0) is 9.68. The highest BCUT2D eigenvalue weighted by atomic mass is 35.5. The molecule has 0 aliphatic rings. The summed E-state index contributed by atoms with van der Waals surface area (Å²) in [7, 11) is 2.00. The molecule has 0 aliphatic carbocycles. The Morgan fingerprint density at radius 3 is 2.77 bits per heavy atom. The molecule has 1 aromatic rings. The monoisotopic (exact) mass is 217 g/mol. The van der Waals surface area contributed by atoms with Gasteiger partial charge in [-0.1, -0.05) is 24.9 Å². The molecule has 1 heterocycles. The number of rotatable bonds is 5. The van der Waals surface area contributed by atoms with Gasteiger partial charge in [0.15, 0.2) is 0 Å². The van der Waals surface area contributed by atoms with Crippen LogP contribution in [0.25, 0.3) is 0 Å². The lowest BCUT2D eigenvalue weighted by Gasteiger charge is -2.12. The Morgan fingerprint density at radius 2 is 2.31 bits per heavy atom. The van der Waals surface area contributed by atoms with E-state index in [1.54, 1.807) is 11.3 Å². The summed E-state index contributed by atoms with van der Waals surface area (Å²) in [5, 5.41) is 3.22. The van der Waals surface area contributed by atoms with Gasteiger partial charge in [0.25, 0.3) is 0 Å². The summed E-state index contributed by atoms with van der Waals surface area (Å²) in [6.45, 7) is 3.32. The smallest absolute Gasteiger partial charge is 0.0931 e. The van der Waals surface area contributed by atoms with Crippen molar-refractivity contribution in [2.24, 2.45) is 5.92 Å². The highest BCUT2D eigenvalue weighted by Crippen LogP contribution is 2.24. The van der Waals surface area contributed by atoms with E-state index in [0.29, 0.717) is 0 Å². The molecule has 3 heteroatoms. The molecule has 13 heavy (non-hydrogen) atoms. The molecule has 1 unspecified atom stereocenters. The number of thiophene rings is 1. The van der Waals surface area contributed by atoms with Crippen LogP contribution in [0.1, 0.15) is 18.2 Å². The fourth-order valence-electron chi connectivity index (χ4n) is 1.40. The van der Waals surface area contributed by atoms with Gasteiger partial charge in [-0.3, -0.25) is 0 Å². The second kappa shape index (κ2) is 5.63. The third kappa shape index (κ3) is 3.67. The van der Waals surface area contributed by atoms with Crippen LogP contribution in [-0.2, 0) is 6.42 Å². The molecular weight excluding hydrogens is 202 g/mol. The van der Waals surface area contributed by atoms with Crippen LogP contribution in [0, 0.1) is 5.92 Å². The van der Waals surface area contributed by atoms with Gasteiger partial charge in [0.1, 0.15) is 0 Å². The fraction of sp³-hybridized carbons (Fsp3) is 0.600. The Kier molecular flexibility index (Phi) is 4.78. The molecule has 0 spiro atoms. The third-order valence-electron chi connectivity index (χ3n) is 2.19. The van der Waals surface area contributed by atoms with Crippen LogP contribution >= 0.6 is 22.9 Å². The van der Waals surface area contributed by atoms with Gasteiger partial charge in [-0.05, 0) is 38.1 Å². The Labute approximate surface area is 89.1 Å². The first kappa shape index (κ1) is 11.0. The summed E-state index contributed by atoms with van der Waals surface area (Å²) in [5.41, 5.74) is 0. The topological polar surface area (TPSA) is 12.0 Å². The first-order valence-corrected chi connectivity index (χ1v) is 5.84. The van der Waals surface area contributed by atoms with E-state index in [-0.39, 0.29) is 0 Å². The average molecular weight is 218 g/mol. The Bertz CT molecular complexity index is 247. The number of nitrogens with one attached hydrogen (secondary N) is 1. The summed E-state index contributed by atoms with van der Waals surface area (Å²) in [4.78, 5) is 1.40. The lowest BCUT2D eigenvalue weighted by atomic mass is 10.0. The lowest BCUT2D eigenvalue weighted by Crippen LogP contribution is -2.19. The number of hydrogen-bond donors (Lipinski definition) is 1. The highest BCUT2D eigenvalue weighted by molar-refractivity contribution is 7.16. The maximum absolute atomic E-state index is 5.87. The molecule has 0 aromatic carbocycles. The van der Waals surface area contributed by atoms with Crippen molar-refractivity contribution in [3.05, 3.63) is 21.3 Å². The zero-order valence-corrected chi connectivity index (χ0v) is 9.71. The molecule has 0 aliphatic heterocycles. The van der Waals surface area contributed by atoms with Gasteiger partial charge in [-0.2, -0.15) is 0 Å². The second-order valence-electron chi connectivity index (χ2n) is 3.24. The maximum atomic E-state index is 5.87.